The molecule has 5 rings (SSSR count). The molecule has 1 saturated carbocycles. The Kier molecular flexibility index (Phi) is 5.44. The van der Waals surface area contributed by atoms with E-state index in [1.54, 1.807) is 18.1 Å². The monoisotopic (exact) mass is 427 g/mol. The highest BCUT2D eigenvalue weighted by Crippen LogP contribution is 2.34. The number of likely N-dealkylation sites (tertiary alicyclic amines) is 1. The second-order valence-corrected chi connectivity index (χ2v) is 9.01. The number of methoxy groups -OCH3 is 1. The highest BCUT2D eigenvalue weighted by molar-refractivity contribution is 6.05. The zero-order valence-electron chi connectivity index (χ0n) is 17.8. The summed E-state index contributed by atoms with van der Waals surface area (Å²) in [6.07, 6.45) is 5.45. The van der Waals surface area contributed by atoms with Gasteiger partial charge in [-0.1, -0.05) is 0 Å². The Morgan fingerprint density at radius 3 is 2.74 bits per heavy atom. The van der Waals surface area contributed by atoms with Gasteiger partial charge in [-0.15, -0.1) is 0 Å². The smallest absolute Gasteiger partial charge is 0.255 e. The molecule has 4 aliphatic rings. The van der Waals surface area contributed by atoms with E-state index in [9.17, 15) is 14.4 Å². The SMILES string of the molecule is CO[C@H]1CCN([C@@H]2CCC[C@@H]2Oc2ccc3c(c2)CN(C2CCC(=O)NC2=O)C3=O)C1. The first-order valence-corrected chi connectivity index (χ1v) is 11.2. The molecule has 0 spiro atoms. The van der Waals surface area contributed by atoms with Crippen molar-refractivity contribution in [1.29, 1.82) is 0 Å². The molecule has 166 valence electrons. The van der Waals surface area contributed by atoms with Crippen molar-refractivity contribution in [2.75, 3.05) is 20.2 Å². The number of carbonyl (C=O) groups excluding carboxylic acids is 3. The van der Waals surface area contributed by atoms with Crippen LogP contribution in [0.3, 0.4) is 0 Å². The van der Waals surface area contributed by atoms with E-state index in [0.717, 1.165) is 50.1 Å². The largest absolute Gasteiger partial charge is 0.489 e. The van der Waals surface area contributed by atoms with E-state index in [-0.39, 0.29) is 30.2 Å². The predicted molar refractivity (Wildman–Crippen MR) is 112 cm³/mol. The summed E-state index contributed by atoms with van der Waals surface area (Å²) in [6, 6.07) is 5.41. The van der Waals surface area contributed by atoms with Crippen molar-refractivity contribution in [3.8, 4) is 5.75 Å². The van der Waals surface area contributed by atoms with Crippen molar-refractivity contribution in [2.45, 2.75) is 69.4 Å². The van der Waals surface area contributed by atoms with Crippen molar-refractivity contribution in [3.05, 3.63) is 29.3 Å². The summed E-state index contributed by atoms with van der Waals surface area (Å²) < 4.78 is 11.9. The zero-order chi connectivity index (χ0) is 21.5. The molecule has 1 unspecified atom stereocenters. The van der Waals surface area contributed by atoms with E-state index in [0.29, 0.717) is 30.7 Å². The van der Waals surface area contributed by atoms with Crippen LogP contribution in [0.2, 0.25) is 0 Å². The molecule has 3 aliphatic heterocycles. The van der Waals surface area contributed by atoms with Crippen LogP contribution in [0.4, 0.5) is 0 Å². The number of amides is 3. The summed E-state index contributed by atoms with van der Waals surface area (Å²) in [4.78, 5) is 40.6. The number of ether oxygens (including phenoxy) is 2. The summed E-state index contributed by atoms with van der Waals surface area (Å²) in [5.41, 5.74) is 1.49. The number of piperidine rings is 1. The average Bonchev–Trinajstić information content (AvgIpc) is 3.47. The summed E-state index contributed by atoms with van der Waals surface area (Å²) in [6.45, 7) is 2.37. The molecular weight excluding hydrogens is 398 g/mol. The van der Waals surface area contributed by atoms with Crippen LogP contribution in [0, 0.1) is 0 Å². The summed E-state index contributed by atoms with van der Waals surface area (Å²) in [7, 11) is 1.78. The lowest BCUT2D eigenvalue weighted by Gasteiger charge is -2.30. The molecule has 1 N–H and O–H groups in total. The van der Waals surface area contributed by atoms with Crippen LogP contribution >= 0.6 is 0 Å². The summed E-state index contributed by atoms with van der Waals surface area (Å²) in [5.74, 6) is -0.0433. The molecule has 3 heterocycles. The number of rotatable bonds is 5. The fraction of sp³-hybridized carbons (Fsp3) is 0.609. The Bertz CT molecular complexity index is 903. The van der Waals surface area contributed by atoms with E-state index in [2.05, 4.69) is 10.2 Å². The number of fused-ring (bicyclic) bond motifs is 1. The van der Waals surface area contributed by atoms with Gasteiger partial charge in [0.2, 0.25) is 11.8 Å². The van der Waals surface area contributed by atoms with Crippen LogP contribution in [0.25, 0.3) is 0 Å². The molecule has 0 aromatic heterocycles. The first-order chi connectivity index (χ1) is 15.0. The fourth-order valence-corrected chi connectivity index (χ4v) is 5.51. The molecule has 4 atom stereocenters. The summed E-state index contributed by atoms with van der Waals surface area (Å²) in [5, 5.41) is 2.34. The highest BCUT2D eigenvalue weighted by Gasteiger charge is 2.40. The van der Waals surface area contributed by atoms with Gasteiger partial charge in [-0.25, -0.2) is 0 Å². The van der Waals surface area contributed by atoms with Gasteiger partial charge >= 0.3 is 0 Å². The normalized spacial score (nSPS) is 31.3. The van der Waals surface area contributed by atoms with Crippen molar-refractivity contribution < 1.29 is 23.9 Å². The van der Waals surface area contributed by atoms with Gasteiger partial charge in [-0.05, 0) is 55.9 Å². The lowest BCUT2D eigenvalue weighted by Crippen LogP contribution is -2.52. The minimum atomic E-state index is -0.593. The molecule has 3 fully saturated rings. The maximum atomic E-state index is 12.9. The molecule has 1 aromatic rings. The van der Waals surface area contributed by atoms with Crippen LogP contribution in [0.15, 0.2) is 18.2 Å². The van der Waals surface area contributed by atoms with E-state index in [1.165, 1.54) is 0 Å². The van der Waals surface area contributed by atoms with Gasteiger partial charge in [0.1, 0.15) is 17.9 Å². The lowest BCUT2D eigenvalue weighted by atomic mass is 10.0. The van der Waals surface area contributed by atoms with Gasteiger partial charge in [0.05, 0.1) is 6.10 Å². The van der Waals surface area contributed by atoms with Crippen molar-refractivity contribution in [2.24, 2.45) is 0 Å². The minimum Gasteiger partial charge on any atom is -0.489 e. The van der Waals surface area contributed by atoms with Crippen LogP contribution < -0.4 is 10.1 Å². The zero-order valence-corrected chi connectivity index (χ0v) is 17.8. The standard InChI is InChI=1S/C23H29N3O5/c1-30-16-9-10-25(13-16)18-3-2-4-20(18)31-15-5-6-17-14(11-15)12-26(23(17)29)19-7-8-21(27)24-22(19)28/h5-6,11,16,18-20H,2-4,7-10,12-13H2,1H3,(H,24,27,28)/t16-,18+,19?,20-/m0/s1. The Balaban J connectivity index is 1.27. The molecule has 2 saturated heterocycles. The number of hydrogen-bond donors (Lipinski definition) is 1. The second kappa shape index (κ2) is 8.24. The van der Waals surface area contributed by atoms with E-state index >= 15 is 0 Å². The number of nitrogens with one attached hydrogen (secondary N) is 1. The third kappa shape index (κ3) is 3.83. The van der Waals surface area contributed by atoms with E-state index in [4.69, 9.17) is 9.47 Å². The average molecular weight is 428 g/mol. The molecule has 8 heteroatoms. The predicted octanol–water partition coefficient (Wildman–Crippen LogP) is 1.47. The fourth-order valence-electron chi connectivity index (χ4n) is 5.51. The molecule has 1 aliphatic carbocycles. The van der Waals surface area contributed by atoms with Gasteiger partial charge in [0.15, 0.2) is 0 Å². The van der Waals surface area contributed by atoms with Crippen molar-refractivity contribution >= 4 is 17.7 Å². The van der Waals surface area contributed by atoms with E-state index in [1.807, 2.05) is 12.1 Å². The first kappa shape index (κ1) is 20.5. The molecular formula is C23H29N3O5. The lowest BCUT2D eigenvalue weighted by molar-refractivity contribution is -0.136. The Morgan fingerprint density at radius 1 is 1.10 bits per heavy atom. The third-order valence-electron chi connectivity index (χ3n) is 7.18. The molecule has 1 aromatic carbocycles. The van der Waals surface area contributed by atoms with Crippen LogP contribution in [0.5, 0.6) is 5.75 Å². The Morgan fingerprint density at radius 2 is 1.97 bits per heavy atom. The minimum absolute atomic E-state index is 0.136. The Labute approximate surface area is 181 Å². The molecule has 8 nitrogen and oxygen atoms in total. The number of nitrogens with zero attached hydrogens (tertiary/aromatic N) is 2. The number of hydrogen-bond acceptors (Lipinski definition) is 6. The number of imide groups is 1. The molecule has 0 radical (unpaired) electrons. The van der Waals surface area contributed by atoms with Gasteiger partial charge in [-0.2, -0.15) is 0 Å². The van der Waals surface area contributed by atoms with Gasteiger partial charge in [-0.3, -0.25) is 24.6 Å². The van der Waals surface area contributed by atoms with Crippen LogP contribution in [0.1, 0.15) is 54.4 Å². The second-order valence-electron chi connectivity index (χ2n) is 9.01. The molecule has 0 bridgehead atoms. The maximum absolute atomic E-state index is 12.9. The van der Waals surface area contributed by atoms with Gasteiger partial charge in [0.25, 0.3) is 5.91 Å². The highest BCUT2D eigenvalue weighted by atomic mass is 16.5. The van der Waals surface area contributed by atoms with Crippen LogP contribution in [-0.4, -0.2) is 72.0 Å². The van der Waals surface area contributed by atoms with Gasteiger partial charge < -0.3 is 14.4 Å². The maximum Gasteiger partial charge on any atom is 0.255 e. The molecule has 3 amide bonds. The summed E-state index contributed by atoms with van der Waals surface area (Å²) >= 11 is 0. The number of carbonyl (C=O) groups is 3. The van der Waals surface area contributed by atoms with Crippen molar-refractivity contribution in [1.82, 2.24) is 15.1 Å². The Hall–Kier alpha value is -2.45. The van der Waals surface area contributed by atoms with Crippen LogP contribution in [-0.2, 0) is 20.9 Å². The molecule has 31 heavy (non-hydrogen) atoms. The van der Waals surface area contributed by atoms with Gasteiger partial charge in [0, 0.05) is 44.8 Å². The van der Waals surface area contributed by atoms with Crippen molar-refractivity contribution in [3.63, 3.8) is 0 Å². The third-order valence-corrected chi connectivity index (χ3v) is 7.18. The van der Waals surface area contributed by atoms with E-state index < -0.39 is 6.04 Å². The topological polar surface area (TPSA) is 88.2 Å². The first-order valence-electron chi connectivity index (χ1n) is 11.2. The number of benzene rings is 1. The quantitative estimate of drug-likeness (QED) is 0.716.